The predicted octanol–water partition coefficient (Wildman–Crippen LogP) is 1.81. The van der Waals surface area contributed by atoms with Gasteiger partial charge in [0.15, 0.2) is 5.75 Å². The average Bonchev–Trinajstić information content (AvgIpc) is 2.07. The zero-order valence-corrected chi connectivity index (χ0v) is 7.54. The lowest BCUT2D eigenvalue weighted by Crippen LogP contribution is -2.03. The molecule has 0 atom stereocenters. The van der Waals surface area contributed by atoms with Crippen LogP contribution in [-0.4, -0.2) is 4.92 Å². The van der Waals surface area contributed by atoms with Gasteiger partial charge in [-0.05, 0) is 13.0 Å². The Morgan fingerprint density at radius 1 is 1.62 bits per heavy atom. The van der Waals surface area contributed by atoms with E-state index in [2.05, 4.69) is 4.84 Å². The number of nitrogens with zero attached hydrogens (tertiary/aromatic N) is 1. The molecule has 0 aliphatic heterocycles. The maximum absolute atomic E-state index is 10.4. The smallest absolute Gasteiger partial charge is 0.274 e. The number of rotatable bonds is 2. The lowest BCUT2D eigenvalue weighted by atomic mass is 10.2. The summed E-state index contributed by atoms with van der Waals surface area (Å²) in [7, 11) is 0. The van der Waals surface area contributed by atoms with Gasteiger partial charge in [-0.1, -0.05) is 11.6 Å². The second-order valence-corrected chi connectivity index (χ2v) is 2.85. The minimum Gasteiger partial charge on any atom is -0.410 e. The maximum Gasteiger partial charge on any atom is 0.274 e. The van der Waals surface area contributed by atoms with Crippen molar-refractivity contribution in [1.29, 1.82) is 0 Å². The summed E-state index contributed by atoms with van der Waals surface area (Å²) < 4.78 is 0. The molecule has 0 spiro atoms. The first-order valence-electron chi connectivity index (χ1n) is 3.37. The minimum atomic E-state index is -0.512. The van der Waals surface area contributed by atoms with Crippen molar-refractivity contribution in [3.05, 3.63) is 32.8 Å². The van der Waals surface area contributed by atoms with E-state index in [1.165, 1.54) is 12.1 Å². The Hall–Kier alpha value is -1.33. The van der Waals surface area contributed by atoms with Crippen LogP contribution in [0, 0.1) is 17.0 Å². The summed E-state index contributed by atoms with van der Waals surface area (Å²) in [5.74, 6) is 5.12. The Morgan fingerprint density at radius 3 is 2.69 bits per heavy atom. The van der Waals surface area contributed by atoms with Crippen molar-refractivity contribution in [2.75, 3.05) is 0 Å². The van der Waals surface area contributed by atoms with Gasteiger partial charge in [0.2, 0.25) is 0 Å². The molecule has 0 saturated heterocycles. The van der Waals surface area contributed by atoms with Crippen LogP contribution in [0.5, 0.6) is 5.75 Å². The third-order valence-electron chi connectivity index (χ3n) is 1.57. The second-order valence-electron chi connectivity index (χ2n) is 2.44. The van der Waals surface area contributed by atoms with Crippen molar-refractivity contribution in [3.8, 4) is 5.75 Å². The molecule has 0 unspecified atom stereocenters. The quantitative estimate of drug-likeness (QED) is 0.586. The van der Waals surface area contributed by atoms with Gasteiger partial charge in [0.1, 0.15) is 0 Å². The molecule has 1 aromatic rings. The number of hydrogen-bond acceptors (Lipinski definition) is 4. The fourth-order valence-corrected chi connectivity index (χ4v) is 1.13. The van der Waals surface area contributed by atoms with Crippen molar-refractivity contribution < 1.29 is 9.76 Å². The highest BCUT2D eigenvalue weighted by Crippen LogP contribution is 2.31. The predicted molar refractivity (Wildman–Crippen MR) is 47.7 cm³/mol. The zero-order valence-electron chi connectivity index (χ0n) is 6.78. The van der Waals surface area contributed by atoms with Crippen LogP contribution in [0.15, 0.2) is 12.1 Å². The van der Waals surface area contributed by atoms with Gasteiger partial charge in [0, 0.05) is 11.6 Å². The van der Waals surface area contributed by atoms with Gasteiger partial charge in [-0.15, -0.1) is 0 Å². The molecule has 0 bridgehead atoms. The molecule has 0 fully saturated rings. The van der Waals surface area contributed by atoms with E-state index in [-0.39, 0.29) is 16.5 Å². The van der Waals surface area contributed by atoms with Gasteiger partial charge in [0.25, 0.3) is 5.69 Å². The van der Waals surface area contributed by atoms with Crippen LogP contribution in [0.2, 0.25) is 5.02 Å². The van der Waals surface area contributed by atoms with Gasteiger partial charge in [0.05, 0.1) is 9.95 Å². The largest absolute Gasteiger partial charge is 0.410 e. The molecule has 0 aromatic heterocycles. The Balaban J connectivity index is 3.28. The summed E-state index contributed by atoms with van der Waals surface area (Å²) in [6.07, 6.45) is 0. The molecule has 1 rings (SSSR count). The third kappa shape index (κ3) is 1.88. The van der Waals surface area contributed by atoms with Crippen LogP contribution in [0.4, 0.5) is 5.69 Å². The fraction of sp³-hybridized carbons (Fsp3) is 0.143. The molecule has 0 heterocycles. The minimum absolute atomic E-state index is 0.0502. The van der Waals surface area contributed by atoms with Crippen LogP contribution >= 0.6 is 11.6 Å². The topological polar surface area (TPSA) is 78.4 Å². The Morgan fingerprint density at radius 2 is 2.23 bits per heavy atom. The Labute approximate surface area is 79.2 Å². The highest BCUT2D eigenvalue weighted by atomic mass is 35.5. The van der Waals surface area contributed by atoms with E-state index in [0.29, 0.717) is 5.56 Å². The molecule has 2 N–H and O–H groups in total. The Kier molecular flexibility index (Phi) is 2.69. The number of benzene rings is 1. The zero-order chi connectivity index (χ0) is 10.0. The molecule has 1 aromatic carbocycles. The van der Waals surface area contributed by atoms with Crippen LogP contribution in [-0.2, 0) is 0 Å². The van der Waals surface area contributed by atoms with Gasteiger partial charge >= 0.3 is 0 Å². The molecular formula is C7H7ClN2O3. The van der Waals surface area contributed by atoms with Crippen molar-refractivity contribution in [3.63, 3.8) is 0 Å². The first kappa shape index (κ1) is 9.76. The number of nitro benzene ring substituents is 1. The fourth-order valence-electron chi connectivity index (χ4n) is 0.932. The standard InChI is InChI=1S/C7H7ClN2O3/c1-4-2-7(13-9)5(8)3-6(4)10(11)12/h2-3H,9H2,1H3. The first-order valence-corrected chi connectivity index (χ1v) is 3.75. The lowest BCUT2D eigenvalue weighted by molar-refractivity contribution is -0.385. The van der Waals surface area contributed by atoms with Gasteiger partial charge in [-0.2, -0.15) is 5.90 Å². The van der Waals surface area contributed by atoms with Crippen molar-refractivity contribution in [2.45, 2.75) is 6.92 Å². The maximum atomic E-state index is 10.4. The molecule has 6 heteroatoms. The SMILES string of the molecule is Cc1cc(ON)c(Cl)cc1[N+](=O)[O-]. The molecule has 13 heavy (non-hydrogen) atoms. The molecule has 0 aliphatic rings. The van der Waals surface area contributed by atoms with E-state index in [4.69, 9.17) is 17.5 Å². The summed E-state index contributed by atoms with van der Waals surface area (Å²) in [6, 6.07) is 2.62. The third-order valence-corrected chi connectivity index (χ3v) is 1.87. The number of halogens is 1. The van der Waals surface area contributed by atoms with Crippen molar-refractivity contribution in [1.82, 2.24) is 0 Å². The number of nitro groups is 1. The highest BCUT2D eigenvalue weighted by molar-refractivity contribution is 6.32. The summed E-state index contributed by atoms with van der Waals surface area (Å²) >= 11 is 5.64. The van der Waals surface area contributed by atoms with Gasteiger partial charge < -0.3 is 4.84 Å². The summed E-state index contributed by atoms with van der Waals surface area (Å²) in [5.41, 5.74) is 0.403. The van der Waals surface area contributed by atoms with E-state index in [9.17, 15) is 10.1 Å². The highest BCUT2D eigenvalue weighted by Gasteiger charge is 2.14. The molecule has 0 saturated carbocycles. The molecule has 0 aliphatic carbocycles. The number of aryl methyl sites for hydroxylation is 1. The molecule has 0 radical (unpaired) electrons. The van der Waals surface area contributed by atoms with Crippen molar-refractivity contribution >= 4 is 17.3 Å². The summed E-state index contributed by atoms with van der Waals surface area (Å²) in [5, 5.41) is 10.6. The molecule has 70 valence electrons. The second kappa shape index (κ2) is 3.59. The lowest BCUT2D eigenvalue weighted by Gasteiger charge is -2.03. The number of hydrogen-bond donors (Lipinski definition) is 1. The summed E-state index contributed by atoms with van der Waals surface area (Å²) in [6.45, 7) is 1.58. The monoisotopic (exact) mass is 202 g/mol. The van der Waals surface area contributed by atoms with Gasteiger partial charge in [-0.25, -0.2) is 0 Å². The van der Waals surface area contributed by atoms with Gasteiger partial charge in [-0.3, -0.25) is 10.1 Å². The van der Waals surface area contributed by atoms with Crippen LogP contribution in [0.1, 0.15) is 5.56 Å². The summed E-state index contributed by atoms with van der Waals surface area (Å²) in [4.78, 5) is 14.3. The van der Waals surface area contributed by atoms with Crippen molar-refractivity contribution in [2.24, 2.45) is 5.90 Å². The van der Waals surface area contributed by atoms with Crippen LogP contribution in [0.25, 0.3) is 0 Å². The van der Waals surface area contributed by atoms with E-state index in [0.717, 1.165) is 0 Å². The molecule has 0 amide bonds. The van der Waals surface area contributed by atoms with Crippen LogP contribution < -0.4 is 10.7 Å². The van der Waals surface area contributed by atoms with E-state index in [1.807, 2.05) is 0 Å². The molecular weight excluding hydrogens is 196 g/mol. The number of nitrogens with two attached hydrogens (primary N) is 1. The average molecular weight is 203 g/mol. The van der Waals surface area contributed by atoms with E-state index in [1.54, 1.807) is 6.92 Å². The molecule has 5 nitrogen and oxygen atoms in total. The van der Waals surface area contributed by atoms with E-state index < -0.39 is 4.92 Å². The van der Waals surface area contributed by atoms with Crippen LogP contribution in [0.3, 0.4) is 0 Å². The Bertz CT molecular complexity index is 354. The first-order chi connectivity index (χ1) is 6.06. The normalized spacial score (nSPS) is 9.77. The van der Waals surface area contributed by atoms with E-state index >= 15 is 0 Å².